The van der Waals surface area contributed by atoms with Crippen molar-refractivity contribution >= 4 is 17.5 Å². The lowest BCUT2D eigenvalue weighted by Gasteiger charge is -2.31. The summed E-state index contributed by atoms with van der Waals surface area (Å²) in [5, 5.41) is 10.3. The first-order valence-corrected chi connectivity index (χ1v) is 6.18. The number of quaternary nitrogens is 1. The summed E-state index contributed by atoms with van der Waals surface area (Å²) in [5.41, 5.74) is 0.567. The average molecular weight is 249 g/mol. The standard InChI is InChI=1S/C12H12N2O2S/c1-14(2)12-11(17-7-13)10(15)8-5-3-4-6-9(8)16-12/h3-6,11-12H,1-2H3/p+1. The predicted octanol–water partition coefficient (Wildman–Crippen LogP) is 0.315. The van der Waals surface area contributed by atoms with E-state index in [0.29, 0.717) is 11.3 Å². The van der Waals surface area contributed by atoms with Crippen molar-refractivity contribution < 1.29 is 14.4 Å². The van der Waals surface area contributed by atoms with Crippen LogP contribution in [0.25, 0.3) is 0 Å². The molecule has 0 saturated carbocycles. The van der Waals surface area contributed by atoms with Crippen LogP contribution in [0.3, 0.4) is 0 Å². The van der Waals surface area contributed by atoms with E-state index in [9.17, 15) is 4.79 Å². The molecule has 0 saturated heterocycles. The van der Waals surface area contributed by atoms with E-state index in [1.165, 1.54) is 0 Å². The first kappa shape index (κ1) is 12.0. The third-order valence-corrected chi connectivity index (χ3v) is 3.51. The second kappa shape index (κ2) is 4.78. The Morgan fingerprint density at radius 3 is 2.76 bits per heavy atom. The molecule has 1 heterocycles. The van der Waals surface area contributed by atoms with Crippen LogP contribution in [0.2, 0.25) is 0 Å². The Kier molecular flexibility index (Phi) is 3.36. The van der Waals surface area contributed by atoms with E-state index in [0.717, 1.165) is 16.7 Å². The second-order valence-electron chi connectivity index (χ2n) is 4.11. The van der Waals surface area contributed by atoms with Crippen LogP contribution in [-0.2, 0) is 0 Å². The van der Waals surface area contributed by atoms with Crippen molar-refractivity contribution in [3.63, 3.8) is 0 Å². The second-order valence-corrected chi connectivity index (χ2v) is 5.03. The Morgan fingerprint density at radius 1 is 1.41 bits per heavy atom. The van der Waals surface area contributed by atoms with Crippen molar-refractivity contribution in [1.82, 2.24) is 0 Å². The number of hydrogen-bond acceptors (Lipinski definition) is 4. The van der Waals surface area contributed by atoms with Gasteiger partial charge in [-0.15, -0.1) is 0 Å². The van der Waals surface area contributed by atoms with Gasteiger partial charge in [0.05, 0.1) is 19.7 Å². The smallest absolute Gasteiger partial charge is 0.252 e. The predicted molar refractivity (Wildman–Crippen MR) is 65.0 cm³/mol. The Hall–Kier alpha value is -1.51. The Labute approximate surface area is 104 Å². The van der Waals surface area contributed by atoms with Gasteiger partial charge in [0.25, 0.3) is 6.23 Å². The molecule has 17 heavy (non-hydrogen) atoms. The number of para-hydroxylation sites is 1. The van der Waals surface area contributed by atoms with Gasteiger partial charge >= 0.3 is 0 Å². The molecule has 1 aliphatic rings. The van der Waals surface area contributed by atoms with Crippen LogP contribution in [0.5, 0.6) is 5.75 Å². The van der Waals surface area contributed by atoms with Crippen molar-refractivity contribution in [1.29, 1.82) is 5.26 Å². The molecule has 0 radical (unpaired) electrons. The quantitative estimate of drug-likeness (QED) is 0.767. The number of ketones is 1. The average Bonchev–Trinajstić information content (AvgIpc) is 2.32. The summed E-state index contributed by atoms with van der Waals surface area (Å²) in [4.78, 5) is 13.3. The monoisotopic (exact) mass is 249 g/mol. The summed E-state index contributed by atoms with van der Waals surface area (Å²) in [6, 6.07) is 7.17. The highest BCUT2D eigenvalue weighted by molar-refractivity contribution is 8.05. The van der Waals surface area contributed by atoms with Crippen LogP contribution >= 0.6 is 11.8 Å². The van der Waals surface area contributed by atoms with Crippen LogP contribution < -0.4 is 9.64 Å². The molecule has 0 aromatic heterocycles. The van der Waals surface area contributed by atoms with Gasteiger partial charge in [0.2, 0.25) is 0 Å². The van der Waals surface area contributed by atoms with E-state index >= 15 is 0 Å². The molecule has 1 aromatic carbocycles. The largest absolute Gasteiger partial charge is 0.440 e. The fraction of sp³-hybridized carbons (Fsp3) is 0.333. The molecule has 0 spiro atoms. The van der Waals surface area contributed by atoms with Crippen molar-refractivity contribution in [2.24, 2.45) is 0 Å². The molecular formula is C12H13N2O2S+. The summed E-state index contributed by atoms with van der Waals surface area (Å²) < 4.78 is 5.80. The number of hydrogen-bond donors (Lipinski definition) is 1. The zero-order valence-corrected chi connectivity index (χ0v) is 10.5. The molecule has 2 atom stereocenters. The van der Waals surface area contributed by atoms with E-state index in [2.05, 4.69) is 0 Å². The molecule has 1 aromatic rings. The van der Waals surface area contributed by atoms with E-state index in [-0.39, 0.29) is 12.0 Å². The zero-order valence-electron chi connectivity index (χ0n) is 9.64. The fourth-order valence-electron chi connectivity index (χ4n) is 1.86. The molecule has 5 heteroatoms. The van der Waals surface area contributed by atoms with E-state index in [1.54, 1.807) is 18.2 Å². The highest BCUT2D eigenvalue weighted by Crippen LogP contribution is 2.30. The van der Waals surface area contributed by atoms with Crippen LogP contribution in [0, 0.1) is 10.7 Å². The Balaban J connectivity index is 2.41. The van der Waals surface area contributed by atoms with Gasteiger partial charge in [0, 0.05) is 0 Å². The van der Waals surface area contributed by atoms with Gasteiger partial charge in [0.15, 0.2) is 11.0 Å². The number of fused-ring (bicyclic) bond motifs is 1. The van der Waals surface area contributed by atoms with E-state index in [1.807, 2.05) is 25.6 Å². The maximum absolute atomic E-state index is 12.3. The maximum atomic E-state index is 12.3. The van der Waals surface area contributed by atoms with Gasteiger partial charge in [0.1, 0.15) is 11.2 Å². The Bertz CT molecular complexity index is 482. The summed E-state index contributed by atoms with van der Waals surface area (Å²) in [6.07, 6.45) is -0.318. The highest BCUT2D eigenvalue weighted by atomic mass is 32.2. The van der Waals surface area contributed by atoms with Gasteiger partial charge < -0.3 is 9.64 Å². The van der Waals surface area contributed by atoms with Crippen molar-refractivity contribution in [2.45, 2.75) is 11.5 Å². The zero-order chi connectivity index (χ0) is 12.4. The lowest BCUT2D eigenvalue weighted by molar-refractivity contribution is -0.904. The lowest BCUT2D eigenvalue weighted by Crippen LogP contribution is -3.12. The van der Waals surface area contributed by atoms with Gasteiger partial charge in [-0.05, 0) is 23.9 Å². The summed E-state index contributed by atoms with van der Waals surface area (Å²) in [7, 11) is 3.83. The minimum Gasteiger partial charge on any atom is -0.440 e. The summed E-state index contributed by atoms with van der Waals surface area (Å²) in [6.45, 7) is 0. The highest BCUT2D eigenvalue weighted by Gasteiger charge is 2.41. The number of nitrogens with zero attached hydrogens (tertiary/aromatic N) is 1. The summed E-state index contributed by atoms with van der Waals surface area (Å²) in [5.74, 6) is 0.586. The normalized spacial score (nSPS) is 22.8. The van der Waals surface area contributed by atoms with Gasteiger partial charge in [-0.2, -0.15) is 5.26 Å². The molecule has 1 N–H and O–H groups in total. The summed E-state index contributed by atoms with van der Waals surface area (Å²) >= 11 is 0.971. The molecule has 0 fully saturated rings. The van der Waals surface area contributed by atoms with Crippen molar-refractivity contribution in [2.75, 3.05) is 14.1 Å². The molecule has 88 valence electrons. The number of rotatable bonds is 2. The molecule has 4 nitrogen and oxygen atoms in total. The number of nitrogens with one attached hydrogen (secondary N) is 1. The maximum Gasteiger partial charge on any atom is 0.252 e. The molecule has 2 rings (SSSR count). The van der Waals surface area contributed by atoms with Crippen LogP contribution in [0.15, 0.2) is 24.3 Å². The molecule has 0 bridgehead atoms. The van der Waals surface area contributed by atoms with Crippen molar-refractivity contribution in [3.8, 4) is 11.2 Å². The number of carbonyl (C=O) groups excluding carboxylic acids is 1. The molecule has 2 unspecified atom stereocenters. The lowest BCUT2D eigenvalue weighted by atomic mass is 10.0. The number of nitriles is 1. The van der Waals surface area contributed by atoms with Gasteiger partial charge in [-0.25, -0.2) is 0 Å². The number of ether oxygens (including phenoxy) is 1. The number of carbonyl (C=O) groups is 1. The SMILES string of the molecule is C[NH+](C)C1Oc2ccccc2C(=O)C1SC#N. The van der Waals surface area contributed by atoms with E-state index in [4.69, 9.17) is 10.00 Å². The van der Waals surface area contributed by atoms with Crippen LogP contribution in [0.4, 0.5) is 0 Å². The van der Waals surface area contributed by atoms with Crippen LogP contribution in [0.1, 0.15) is 10.4 Å². The number of thiocyanates is 1. The molecule has 0 amide bonds. The minimum atomic E-state index is -0.458. The van der Waals surface area contributed by atoms with Crippen LogP contribution in [-0.4, -0.2) is 31.4 Å². The molecular weight excluding hydrogens is 236 g/mol. The molecule has 1 aliphatic heterocycles. The minimum absolute atomic E-state index is 0.0235. The van der Waals surface area contributed by atoms with Crippen molar-refractivity contribution in [3.05, 3.63) is 29.8 Å². The molecule has 0 aliphatic carbocycles. The number of Topliss-reactive ketones (excluding diaryl/α,β-unsaturated/α-hetero) is 1. The first-order valence-electron chi connectivity index (χ1n) is 5.30. The third-order valence-electron chi connectivity index (χ3n) is 2.69. The Morgan fingerprint density at radius 2 is 2.12 bits per heavy atom. The topological polar surface area (TPSA) is 54.5 Å². The number of benzene rings is 1. The van der Waals surface area contributed by atoms with Gasteiger partial charge in [-0.3, -0.25) is 4.79 Å². The fourth-order valence-corrected chi connectivity index (χ4v) is 2.65. The van der Waals surface area contributed by atoms with E-state index < -0.39 is 5.25 Å². The third kappa shape index (κ3) is 2.14. The van der Waals surface area contributed by atoms with Gasteiger partial charge in [-0.1, -0.05) is 12.1 Å². The first-order chi connectivity index (χ1) is 8.15. The number of thioether (sulfide) groups is 1.